The number of methoxy groups -OCH3 is 1. The van der Waals surface area contributed by atoms with Crippen LogP contribution >= 0.6 is 12.2 Å². The summed E-state index contributed by atoms with van der Waals surface area (Å²) in [4.78, 5) is 25.4. The van der Waals surface area contributed by atoms with Crippen LogP contribution in [0.4, 0.5) is 0 Å². The second-order valence-electron chi connectivity index (χ2n) is 4.45. The third kappa shape index (κ3) is 5.49. The molecule has 0 radical (unpaired) electrons. The topological polar surface area (TPSA) is 84.7 Å². The molecule has 1 aromatic carbocycles. The van der Waals surface area contributed by atoms with Gasteiger partial charge in [-0.05, 0) is 12.1 Å². The molecule has 0 spiro atoms. The quantitative estimate of drug-likeness (QED) is 0.553. The molecule has 0 saturated carbocycles. The van der Waals surface area contributed by atoms with E-state index < -0.39 is 0 Å². The summed E-state index contributed by atoms with van der Waals surface area (Å²) < 4.78 is 4.83. The fourth-order valence-electron chi connectivity index (χ4n) is 1.63. The molecular formula is C14H19N3O3S. The number of carbonyl (C=O) groups is 2. The first-order valence-electron chi connectivity index (χ1n) is 6.36. The van der Waals surface area contributed by atoms with Crippen LogP contribution < -0.4 is 11.1 Å². The van der Waals surface area contributed by atoms with E-state index in [-0.39, 0.29) is 23.3 Å². The Kier molecular flexibility index (Phi) is 6.77. The maximum atomic E-state index is 12.1. The molecule has 0 atom stereocenters. The van der Waals surface area contributed by atoms with Gasteiger partial charge in [0.15, 0.2) is 0 Å². The number of likely N-dealkylation sites (N-methyl/N-ethyl adjacent to an activating group) is 1. The molecule has 1 rings (SSSR count). The number of ether oxygens (including phenoxy) is 1. The number of nitrogens with two attached hydrogens (primary N) is 1. The summed E-state index contributed by atoms with van der Waals surface area (Å²) in [5, 5.41) is 2.65. The van der Waals surface area contributed by atoms with Crippen LogP contribution in [0.1, 0.15) is 15.9 Å². The zero-order valence-corrected chi connectivity index (χ0v) is 12.9. The van der Waals surface area contributed by atoms with Crippen LogP contribution in [0.25, 0.3) is 0 Å². The van der Waals surface area contributed by atoms with Gasteiger partial charge in [-0.15, -0.1) is 0 Å². The van der Waals surface area contributed by atoms with E-state index in [2.05, 4.69) is 5.32 Å². The van der Waals surface area contributed by atoms with Crippen molar-refractivity contribution in [1.82, 2.24) is 10.2 Å². The summed E-state index contributed by atoms with van der Waals surface area (Å²) >= 11 is 4.85. The van der Waals surface area contributed by atoms with E-state index in [0.717, 1.165) is 0 Å². The zero-order valence-electron chi connectivity index (χ0n) is 12.1. The largest absolute Gasteiger partial charge is 0.389 e. The summed E-state index contributed by atoms with van der Waals surface area (Å²) in [6, 6.07) is 6.64. The molecule has 0 aliphatic carbocycles. The highest BCUT2D eigenvalue weighted by molar-refractivity contribution is 7.80. The first kappa shape index (κ1) is 17.1. The second-order valence-corrected chi connectivity index (χ2v) is 4.89. The number of amides is 2. The molecule has 21 heavy (non-hydrogen) atoms. The van der Waals surface area contributed by atoms with Crippen molar-refractivity contribution in [3.05, 3.63) is 35.4 Å². The molecule has 0 aliphatic heterocycles. The molecule has 0 aromatic heterocycles. The Morgan fingerprint density at radius 2 is 1.86 bits per heavy atom. The SMILES string of the molecule is COCCNC(=O)CN(C)C(=O)c1ccc(C(N)=S)cc1. The van der Waals surface area contributed by atoms with E-state index in [9.17, 15) is 9.59 Å². The number of hydrogen-bond donors (Lipinski definition) is 2. The van der Waals surface area contributed by atoms with Crippen molar-refractivity contribution in [2.24, 2.45) is 5.73 Å². The van der Waals surface area contributed by atoms with E-state index in [1.807, 2.05) is 0 Å². The Hall–Kier alpha value is -1.99. The molecule has 114 valence electrons. The molecule has 0 aliphatic rings. The fraction of sp³-hybridized carbons (Fsp3) is 0.357. The van der Waals surface area contributed by atoms with Gasteiger partial charge in [-0.3, -0.25) is 9.59 Å². The van der Waals surface area contributed by atoms with E-state index >= 15 is 0 Å². The van der Waals surface area contributed by atoms with Crippen molar-refractivity contribution in [2.45, 2.75) is 0 Å². The van der Waals surface area contributed by atoms with Crippen LogP contribution in [-0.4, -0.2) is 55.6 Å². The number of benzene rings is 1. The van der Waals surface area contributed by atoms with Gasteiger partial charge in [0.05, 0.1) is 13.2 Å². The predicted octanol–water partition coefficient (Wildman–Crippen LogP) is 0.155. The average molecular weight is 309 g/mol. The maximum absolute atomic E-state index is 12.1. The summed E-state index contributed by atoms with van der Waals surface area (Å²) in [7, 11) is 3.12. The van der Waals surface area contributed by atoms with Crippen molar-refractivity contribution in [3.8, 4) is 0 Å². The minimum atomic E-state index is -0.244. The maximum Gasteiger partial charge on any atom is 0.254 e. The second kappa shape index (κ2) is 8.33. The van der Waals surface area contributed by atoms with Crippen LogP contribution in [0.15, 0.2) is 24.3 Å². The molecule has 1 aromatic rings. The van der Waals surface area contributed by atoms with Gasteiger partial charge in [0.1, 0.15) is 4.99 Å². The van der Waals surface area contributed by atoms with Gasteiger partial charge in [-0.25, -0.2) is 0 Å². The van der Waals surface area contributed by atoms with Gasteiger partial charge < -0.3 is 20.7 Å². The lowest BCUT2D eigenvalue weighted by atomic mass is 10.1. The minimum Gasteiger partial charge on any atom is -0.389 e. The minimum absolute atomic E-state index is 0.0143. The van der Waals surface area contributed by atoms with Crippen molar-refractivity contribution in [1.29, 1.82) is 0 Å². The molecule has 7 heteroatoms. The van der Waals surface area contributed by atoms with E-state index in [1.54, 1.807) is 38.4 Å². The Balaban J connectivity index is 2.57. The highest BCUT2D eigenvalue weighted by atomic mass is 32.1. The van der Waals surface area contributed by atoms with Crippen LogP contribution in [0.2, 0.25) is 0 Å². The van der Waals surface area contributed by atoms with Crippen LogP contribution in [0.5, 0.6) is 0 Å². The van der Waals surface area contributed by atoms with E-state index in [0.29, 0.717) is 24.3 Å². The smallest absolute Gasteiger partial charge is 0.254 e. The van der Waals surface area contributed by atoms with Crippen LogP contribution in [0, 0.1) is 0 Å². The number of nitrogens with one attached hydrogen (secondary N) is 1. The first-order chi connectivity index (χ1) is 9.95. The molecule has 0 heterocycles. The highest BCUT2D eigenvalue weighted by Gasteiger charge is 2.14. The molecule has 0 fully saturated rings. The van der Waals surface area contributed by atoms with Gasteiger partial charge in [0.25, 0.3) is 5.91 Å². The number of nitrogens with zero attached hydrogens (tertiary/aromatic N) is 1. The molecule has 0 bridgehead atoms. The molecule has 6 nitrogen and oxygen atoms in total. The lowest BCUT2D eigenvalue weighted by molar-refractivity contribution is -0.121. The molecule has 0 unspecified atom stereocenters. The number of rotatable bonds is 7. The van der Waals surface area contributed by atoms with Crippen molar-refractivity contribution < 1.29 is 14.3 Å². The number of hydrogen-bond acceptors (Lipinski definition) is 4. The van der Waals surface area contributed by atoms with Crippen molar-refractivity contribution in [2.75, 3.05) is 33.9 Å². The summed E-state index contributed by atoms with van der Waals surface area (Å²) in [6.07, 6.45) is 0. The van der Waals surface area contributed by atoms with E-state index in [1.165, 1.54) is 4.90 Å². The third-order valence-electron chi connectivity index (χ3n) is 2.77. The Labute approximate surface area is 129 Å². The Morgan fingerprint density at radius 3 is 2.38 bits per heavy atom. The summed E-state index contributed by atoms with van der Waals surface area (Å²) in [5.74, 6) is -0.478. The molecule has 0 saturated heterocycles. The fourth-order valence-corrected chi connectivity index (χ4v) is 1.77. The van der Waals surface area contributed by atoms with Gasteiger partial charge in [-0.1, -0.05) is 24.4 Å². The van der Waals surface area contributed by atoms with Crippen LogP contribution in [0.3, 0.4) is 0 Å². The van der Waals surface area contributed by atoms with Gasteiger partial charge in [0.2, 0.25) is 5.91 Å². The summed E-state index contributed by atoms with van der Waals surface area (Å²) in [6.45, 7) is 0.837. The number of thiocarbonyl (C=S) groups is 1. The van der Waals surface area contributed by atoms with Gasteiger partial charge in [0, 0.05) is 31.8 Å². The van der Waals surface area contributed by atoms with Crippen molar-refractivity contribution in [3.63, 3.8) is 0 Å². The third-order valence-corrected chi connectivity index (χ3v) is 3.01. The highest BCUT2D eigenvalue weighted by Crippen LogP contribution is 2.07. The zero-order chi connectivity index (χ0) is 15.8. The average Bonchev–Trinajstić information content (AvgIpc) is 2.46. The van der Waals surface area contributed by atoms with Gasteiger partial charge in [-0.2, -0.15) is 0 Å². The number of carbonyl (C=O) groups excluding carboxylic acids is 2. The Bertz CT molecular complexity index is 517. The molecular weight excluding hydrogens is 290 g/mol. The predicted molar refractivity (Wildman–Crippen MR) is 84.2 cm³/mol. The molecule has 3 N–H and O–H groups in total. The first-order valence-corrected chi connectivity index (χ1v) is 6.77. The van der Waals surface area contributed by atoms with Crippen LogP contribution in [-0.2, 0) is 9.53 Å². The standard InChI is InChI=1S/C14H19N3O3S/c1-17(9-12(18)16-7-8-20-2)14(19)11-5-3-10(4-6-11)13(15)21/h3-6H,7-9H2,1-2H3,(H2,15,21)(H,16,18). The van der Waals surface area contributed by atoms with Crippen molar-refractivity contribution >= 4 is 29.0 Å². The normalized spacial score (nSPS) is 10.0. The molecule has 2 amide bonds. The Morgan fingerprint density at radius 1 is 1.29 bits per heavy atom. The lowest BCUT2D eigenvalue weighted by Gasteiger charge is -2.17. The van der Waals surface area contributed by atoms with Gasteiger partial charge >= 0.3 is 0 Å². The summed E-state index contributed by atoms with van der Waals surface area (Å²) in [5.41, 5.74) is 6.67. The van der Waals surface area contributed by atoms with E-state index in [4.69, 9.17) is 22.7 Å². The monoisotopic (exact) mass is 309 g/mol. The lowest BCUT2D eigenvalue weighted by Crippen LogP contribution is -2.39.